The first-order valence-electron chi connectivity index (χ1n) is 7.05. The van der Waals surface area contributed by atoms with E-state index in [4.69, 9.17) is 4.98 Å². The van der Waals surface area contributed by atoms with E-state index in [1.807, 2.05) is 0 Å². The maximum atomic E-state index is 4.87. The minimum absolute atomic E-state index is 1.09. The number of rotatable bonds is 1. The number of aryl methyl sites for hydroxylation is 1. The van der Waals surface area contributed by atoms with Gasteiger partial charge in [-0.3, -0.25) is 0 Å². The highest BCUT2D eigenvalue weighted by Crippen LogP contribution is 2.34. The summed E-state index contributed by atoms with van der Waals surface area (Å²) in [6.45, 7) is 0. The molecule has 20 heavy (non-hydrogen) atoms. The fourth-order valence-corrected chi connectivity index (χ4v) is 2.91. The van der Waals surface area contributed by atoms with Gasteiger partial charge in [0.1, 0.15) is 0 Å². The van der Waals surface area contributed by atoms with Gasteiger partial charge >= 0.3 is 0 Å². The molecule has 1 nitrogen and oxygen atoms in total. The molecule has 0 saturated heterocycles. The van der Waals surface area contributed by atoms with Crippen LogP contribution in [0.2, 0.25) is 0 Å². The third-order valence-corrected chi connectivity index (χ3v) is 3.91. The number of allylic oxidation sites excluding steroid dienone is 1. The van der Waals surface area contributed by atoms with Gasteiger partial charge in [-0.15, -0.1) is 0 Å². The number of benzene rings is 2. The van der Waals surface area contributed by atoms with Crippen LogP contribution in [-0.4, -0.2) is 4.98 Å². The van der Waals surface area contributed by atoms with Crippen LogP contribution >= 0.6 is 0 Å². The van der Waals surface area contributed by atoms with Gasteiger partial charge in [0.25, 0.3) is 0 Å². The molecule has 0 aliphatic heterocycles. The molecule has 0 bridgehead atoms. The highest BCUT2D eigenvalue weighted by Gasteiger charge is 2.18. The third kappa shape index (κ3) is 1.92. The van der Waals surface area contributed by atoms with Crippen LogP contribution in [-0.2, 0) is 6.42 Å². The molecule has 0 radical (unpaired) electrons. The number of para-hydroxylation sites is 1. The summed E-state index contributed by atoms with van der Waals surface area (Å²) in [7, 11) is 0. The highest BCUT2D eigenvalue weighted by atomic mass is 14.7. The van der Waals surface area contributed by atoms with Gasteiger partial charge < -0.3 is 0 Å². The molecule has 1 aromatic heterocycles. The first kappa shape index (κ1) is 11.4. The lowest BCUT2D eigenvalue weighted by molar-refractivity contribution is 1.08. The highest BCUT2D eigenvalue weighted by molar-refractivity contribution is 5.88. The Morgan fingerprint density at radius 3 is 2.55 bits per heavy atom. The summed E-state index contributed by atoms with van der Waals surface area (Å²) in [4.78, 5) is 4.87. The number of hydrogen-bond donors (Lipinski definition) is 0. The van der Waals surface area contributed by atoms with E-state index < -0.39 is 0 Å². The molecule has 1 aliphatic carbocycles. The van der Waals surface area contributed by atoms with Gasteiger partial charge in [-0.05, 0) is 47.8 Å². The van der Waals surface area contributed by atoms with Crippen molar-refractivity contribution in [3.05, 3.63) is 77.5 Å². The van der Waals surface area contributed by atoms with Gasteiger partial charge in [-0.25, -0.2) is 4.98 Å². The molecule has 0 unspecified atom stereocenters. The molecule has 2 aromatic carbocycles. The Bertz CT molecular complexity index is 800. The summed E-state index contributed by atoms with van der Waals surface area (Å²) in [5, 5.41) is 1.24. The molecular weight excluding hydrogens is 242 g/mol. The summed E-state index contributed by atoms with van der Waals surface area (Å²) in [6.07, 6.45) is 4.47. The molecule has 3 aromatic rings. The fraction of sp³-hybridized carbons (Fsp3) is 0.105. The van der Waals surface area contributed by atoms with Crippen molar-refractivity contribution in [2.24, 2.45) is 0 Å². The molecule has 0 atom stereocenters. The van der Waals surface area contributed by atoms with Crippen molar-refractivity contribution in [2.75, 3.05) is 0 Å². The van der Waals surface area contributed by atoms with Crippen LogP contribution in [0.1, 0.15) is 23.2 Å². The standard InChI is InChI=1S/C19H15N/c1-2-6-14(7-3-1)12-16-10-11-17-13-15-8-4-5-9-18(15)20-19(16)17/h1-9,12-13H,10-11H2/b16-12+. The van der Waals surface area contributed by atoms with E-state index in [0.717, 1.165) is 18.4 Å². The number of hydrogen-bond acceptors (Lipinski definition) is 1. The SMILES string of the molecule is C(=C1/CCc2cc3ccccc3nc21)/c1ccccc1. The van der Waals surface area contributed by atoms with Crippen LogP contribution in [0, 0.1) is 0 Å². The van der Waals surface area contributed by atoms with Gasteiger partial charge in [0.15, 0.2) is 0 Å². The summed E-state index contributed by atoms with van der Waals surface area (Å²) >= 11 is 0. The van der Waals surface area contributed by atoms with E-state index in [0.29, 0.717) is 0 Å². The Hall–Kier alpha value is -2.41. The first-order valence-corrected chi connectivity index (χ1v) is 7.05. The van der Waals surface area contributed by atoms with Gasteiger partial charge in [0, 0.05) is 5.39 Å². The molecule has 96 valence electrons. The summed E-state index contributed by atoms with van der Waals surface area (Å²) < 4.78 is 0. The van der Waals surface area contributed by atoms with E-state index in [2.05, 4.69) is 66.7 Å². The van der Waals surface area contributed by atoms with E-state index >= 15 is 0 Å². The van der Waals surface area contributed by atoms with Crippen molar-refractivity contribution in [3.63, 3.8) is 0 Å². The Morgan fingerprint density at radius 1 is 0.850 bits per heavy atom. The maximum absolute atomic E-state index is 4.87. The van der Waals surface area contributed by atoms with Crippen molar-refractivity contribution in [1.29, 1.82) is 0 Å². The molecule has 0 amide bonds. The first-order chi connectivity index (χ1) is 9.90. The Morgan fingerprint density at radius 2 is 1.65 bits per heavy atom. The van der Waals surface area contributed by atoms with Crippen LogP contribution < -0.4 is 0 Å². The Kier molecular flexibility index (Phi) is 2.63. The molecule has 4 rings (SSSR count). The molecule has 1 heteroatoms. The van der Waals surface area contributed by atoms with E-state index in [9.17, 15) is 0 Å². The van der Waals surface area contributed by atoms with Gasteiger partial charge in [0.05, 0.1) is 11.2 Å². The lowest BCUT2D eigenvalue weighted by atomic mass is 10.1. The Labute approximate surface area is 118 Å². The minimum atomic E-state index is 1.09. The van der Waals surface area contributed by atoms with Crippen LogP contribution in [0.5, 0.6) is 0 Å². The summed E-state index contributed by atoms with van der Waals surface area (Å²) in [5.41, 5.74) is 6.27. The van der Waals surface area contributed by atoms with Gasteiger partial charge in [0.2, 0.25) is 0 Å². The number of aromatic nitrogens is 1. The van der Waals surface area contributed by atoms with Crippen LogP contribution in [0.15, 0.2) is 60.7 Å². The molecule has 1 heterocycles. The zero-order chi connectivity index (χ0) is 13.4. The molecular formula is C19H15N. The summed E-state index contributed by atoms with van der Waals surface area (Å²) in [6, 6.07) is 21.2. The second-order valence-corrected chi connectivity index (χ2v) is 5.27. The predicted molar refractivity (Wildman–Crippen MR) is 84.4 cm³/mol. The quantitative estimate of drug-likeness (QED) is 0.614. The Balaban J connectivity index is 1.85. The molecule has 0 spiro atoms. The number of nitrogens with zero attached hydrogens (tertiary/aromatic N) is 1. The average Bonchev–Trinajstić information content (AvgIpc) is 2.88. The minimum Gasteiger partial charge on any atom is -0.248 e. The van der Waals surface area contributed by atoms with Crippen molar-refractivity contribution in [2.45, 2.75) is 12.8 Å². The average molecular weight is 257 g/mol. The second kappa shape index (κ2) is 4.61. The number of fused-ring (bicyclic) bond motifs is 2. The normalized spacial score (nSPS) is 15.7. The van der Waals surface area contributed by atoms with Crippen LogP contribution in [0.3, 0.4) is 0 Å². The van der Waals surface area contributed by atoms with Crippen molar-refractivity contribution < 1.29 is 0 Å². The third-order valence-electron chi connectivity index (χ3n) is 3.91. The van der Waals surface area contributed by atoms with E-state index in [-0.39, 0.29) is 0 Å². The predicted octanol–water partition coefficient (Wildman–Crippen LogP) is 4.72. The molecule has 0 fully saturated rings. The maximum Gasteiger partial charge on any atom is 0.0709 e. The lowest BCUT2D eigenvalue weighted by Gasteiger charge is -2.04. The topological polar surface area (TPSA) is 12.9 Å². The van der Waals surface area contributed by atoms with Gasteiger partial charge in [-0.2, -0.15) is 0 Å². The van der Waals surface area contributed by atoms with E-state index in [1.54, 1.807) is 0 Å². The van der Waals surface area contributed by atoms with Crippen molar-refractivity contribution in [3.8, 4) is 0 Å². The van der Waals surface area contributed by atoms with Crippen LogP contribution in [0.25, 0.3) is 22.6 Å². The van der Waals surface area contributed by atoms with E-state index in [1.165, 1.54) is 27.8 Å². The second-order valence-electron chi connectivity index (χ2n) is 5.27. The van der Waals surface area contributed by atoms with Crippen LogP contribution in [0.4, 0.5) is 0 Å². The largest absolute Gasteiger partial charge is 0.248 e. The lowest BCUT2D eigenvalue weighted by Crippen LogP contribution is -1.89. The summed E-state index contributed by atoms with van der Waals surface area (Å²) in [5.74, 6) is 0. The van der Waals surface area contributed by atoms with Crippen molar-refractivity contribution in [1.82, 2.24) is 4.98 Å². The van der Waals surface area contributed by atoms with Crippen molar-refractivity contribution >= 4 is 22.6 Å². The molecule has 1 aliphatic rings. The van der Waals surface area contributed by atoms with Gasteiger partial charge in [-0.1, -0.05) is 48.5 Å². The number of pyridine rings is 1. The molecule has 0 saturated carbocycles. The fourth-order valence-electron chi connectivity index (χ4n) is 2.91. The zero-order valence-corrected chi connectivity index (χ0v) is 11.2. The zero-order valence-electron chi connectivity index (χ0n) is 11.2. The smallest absolute Gasteiger partial charge is 0.0709 e. The molecule has 0 N–H and O–H groups in total. The monoisotopic (exact) mass is 257 g/mol.